The van der Waals surface area contributed by atoms with E-state index in [-0.39, 0.29) is 11.7 Å². The summed E-state index contributed by atoms with van der Waals surface area (Å²) in [5.41, 5.74) is 0.656. The summed E-state index contributed by atoms with van der Waals surface area (Å²) >= 11 is 0. The van der Waals surface area contributed by atoms with Gasteiger partial charge in [0.25, 0.3) is 0 Å². The fourth-order valence-electron chi connectivity index (χ4n) is 3.29. The van der Waals surface area contributed by atoms with Gasteiger partial charge in [-0.25, -0.2) is 4.39 Å². The molecule has 0 unspecified atom stereocenters. The molecule has 1 fully saturated rings. The van der Waals surface area contributed by atoms with E-state index in [2.05, 4.69) is 20.1 Å². The molecule has 1 heterocycles. The lowest BCUT2D eigenvalue weighted by Gasteiger charge is -2.37. The molecule has 1 aromatic rings. The smallest absolute Gasteiger partial charge is 0.224 e. The maximum atomic E-state index is 14.0. The highest BCUT2D eigenvalue weighted by atomic mass is 19.1. The molecule has 6 nitrogen and oxygen atoms in total. The van der Waals surface area contributed by atoms with E-state index in [9.17, 15) is 9.18 Å². The second-order valence-corrected chi connectivity index (χ2v) is 6.48. The molecule has 1 saturated heterocycles. The number of hydrogen-bond acceptors (Lipinski definition) is 3. The first-order chi connectivity index (χ1) is 13.1. The van der Waals surface area contributed by atoms with E-state index in [1.54, 1.807) is 6.07 Å². The van der Waals surface area contributed by atoms with Gasteiger partial charge in [-0.15, -0.1) is 0 Å². The molecule has 1 N–H and O–H groups in total. The summed E-state index contributed by atoms with van der Waals surface area (Å²) in [4.78, 5) is 22.8. The zero-order valence-corrected chi connectivity index (χ0v) is 16.7. The molecular weight excluding hydrogens is 345 g/mol. The average Bonchev–Trinajstić information content (AvgIpc) is 2.69. The Balaban J connectivity index is 1.92. The van der Waals surface area contributed by atoms with Crippen molar-refractivity contribution >= 4 is 17.6 Å². The number of aliphatic imine (C=N–C) groups is 1. The third kappa shape index (κ3) is 5.84. The number of carbonyl (C=O) groups excluding carboxylic acids is 1. The first-order valence-corrected chi connectivity index (χ1v) is 9.91. The number of hydrogen-bond donors (Lipinski definition) is 1. The Morgan fingerprint density at radius 2 is 1.81 bits per heavy atom. The number of guanidine groups is 1. The van der Waals surface area contributed by atoms with Gasteiger partial charge in [-0.1, -0.05) is 12.1 Å². The largest absolute Gasteiger partial charge is 0.366 e. The van der Waals surface area contributed by atoms with Crippen molar-refractivity contribution in [3.8, 4) is 0 Å². The SMILES string of the molecule is CCNC(=NCCC(=O)N(CC)CC)N1CCN(c2ccccc2F)CC1. The van der Waals surface area contributed by atoms with E-state index < -0.39 is 0 Å². The van der Waals surface area contributed by atoms with Crippen LogP contribution in [0.5, 0.6) is 0 Å². The molecule has 0 atom stereocenters. The van der Waals surface area contributed by atoms with Crippen LogP contribution in [0, 0.1) is 5.82 Å². The number of piperazine rings is 1. The zero-order chi connectivity index (χ0) is 19.6. The number of para-hydroxylation sites is 1. The summed E-state index contributed by atoms with van der Waals surface area (Å²) in [6, 6.07) is 6.90. The molecule has 0 bridgehead atoms. The number of carbonyl (C=O) groups is 1. The molecule has 0 aliphatic carbocycles. The van der Waals surface area contributed by atoms with Gasteiger partial charge in [0.2, 0.25) is 5.91 Å². The number of benzene rings is 1. The van der Waals surface area contributed by atoms with E-state index >= 15 is 0 Å². The second kappa shape index (κ2) is 10.7. The van der Waals surface area contributed by atoms with E-state index in [0.29, 0.717) is 18.7 Å². The van der Waals surface area contributed by atoms with E-state index in [1.807, 2.05) is 37.8 Å². The molecule has 1 aromatic carbocycles. The van der Waals surface area contributed by atoms with Crippen molar-refractivity contribution in [2.24, 2.45) is 4.99 Å². The van der Waals surface area contributed by atoms with Crippen molar-refractivity contribution in [3.63, 3.8) is 0 Å². The number of rotatable bonds is 7. The van der Waals surface area contributed by atoms with E-state index in [4.69, 9.17) is 0 Å². The Bertz CT molecular complexity index is 625. The Morgan fingerprint density at radius 3 is 2.41 bits per heavy atom. The summed E-state index contributed by atoms with van der Waals surface area (Å²) in [5.74, 6) is 0.795. The quantitative estimate of drug-likeness (QED) is 0.585. The van der Waals surface area contributed by atoms with Gasteiger partial charge in [0, 0.05) is 52.2 Å². The van der Waals surface area contributed by atoms with Crippen LogP contribution < -0.4 is 10.2 Å². The molecule has 150 valence electrons. The number of halogens is 1. The fourth-order valence-corrected chi connectivity index (χ4v) is 3.29. The van der Waals surface area contributed by atoms with Gasteiger partial charge in [0.05, 0.1) is 12.2 Å². The lowest BCUT2D eigenvalue weighted by atomic mass is 10.2. The Hall–Kier alpha value is -2.31. The van der Waals surface area contributed by atoms with E-state index in [1.165, 1.54) is 6.07 Å². The summed E-state index contributed by atoms with van der Waals surface area (Å²) in [7, 11) is 0. The molecule has 0 spiro atoms. The molecular formula is C20H32FN5O. The van der Waals surface area contributed by atoms with Crippen LogP contribution in [0.2, 0.25) is 0 Å². The van der Waals surface area contributed by atoms with Crippen molar-refractivity contribution in [2.75, 3.05) is 57.3 Å². The highest BCUT2D eigenvalue weighted by Gasteiger charge is 2.21. The second-order valence-electron chi connectivity index (χ2n) is 6.48. The Kier molecular flexibility index (Phi) is 8.36. The summed E-state index contributed by atoms with van der Waals surface area (Å²) in [6.45, 7) is 11.7. The lowest BCUT2D eigenvalue weighted by molar-refractivity contribution is -0.130. The van der Waals surface area contributed by atoms with Crippen molar-refractivity contribution in [1.29, 1.82) is 0 Å². The van der Waals surface area contributed by atoms with Crippen LogP contribution in [0.3, 0.4) is 0 Å². The maximum Gasteiger partial charge on any atom is 0.224 e. The predicted molar refractivity (Wildman–Crippen MR) is 109 cm³/mol. The first-order valence-electron chi connectivity index (χ1n) is 9.91. The van der Waals surface area contributed by atoms with Gasteiger partial charge >= 0.3 is 0 Å². The predicted octanol–water partition coefficient (Wildman–Crippen LogP) is 2.17. The molecule has 0 saturated carbocycles. The van der Waals surface area contributed by atoms with Gasteiger partial charge in [-0.05, 0) is 32.9 Å². The molecule has 0 aromatic heterocycles. The van der Waals surface area contributed by atoms with Gasteiger partial charge in [0.15, 0.2) is 5.96 Å². The number of nitrogens with one attached hydrogen (secondary N) is 1. The van der Waals surface area contributed by atoms with Gasteiger partial charge in [-0.2, -0.15) is 0 Å². The number of nitrogens with zero attached hydrogens (tertiary/aromatic N) is 4. The first kappa shape index (κ1) is 21.0. The normalized spacial score (nSPS) is 15.0. The average molecular weight is 378 g/mol. The topological polar surface area (TPSA) is 51.2 Å². The molecule has 7 heteroatoms. The molecule has 1 aliphatic heterocycles. The van der Waals surface area contributed by atoms with Crippen LogP contribution in [0.4, 0.5) is 10.1 Å². The van der Waals surface area contributed by atoms with Crippen molar-refractivity contribution in [2.45, 2.75) is 27.2 Å². The van der Waals surface area contributed by atoms with Crippen LogP contribution in [0.1, 0.15) is 27.2 Å². The minimum Gasteiger partial charge on any atom is -0.366 e. The Labute approximate surface area is 162 Å². The van der Waals surface area contributed by atoms with Gasteiger partial charge in [-0.3, -0.25) is 9.79 Å². The number of anilines is 1. The van der Waals surface area contributed by atoms with Crippen molar-refractivity contribution in [1.82, 2.24) is 15.1 Å². The van der Waals surface area contributed by atoms with Crippen LogP contribution in [0.15, 0.2) is 29.3 Å². The Morgan fingerprint density at radius 1 is 1.15 bits per heavy atom. The van der Waals surface area contributed by atoms with Crippen molar-refractivity contribution < 1.29 is 9.18 Å². The standard InChI is InChI=1S/C20H32FN5O/c1-4-22-20(23-12-11-19(27)24(5-2)6-3)26-15-13-25(14-16-26)18-10-8-7-9-17(18)21/h7-10H,4-6,11-16H2,1-3H3,(H,22,23). The molecule has 27 heavy (non-hydrogen) atoms. The minimum atomic E-state index is -0.179. The highest BCUT2D eigenvalue weighted by Crippen LogP contribution is 2.20. The van der Waals surface area contributed by atoms with Gasteiger partial charge in [0.1, 0.15) is 5.82 Å². The number of amides is 1. The molecule has 1 amide bonds. The lowest BCUT2D eigenvalue weighted by Crippen LogP contribution is -2.52. The summed E-state index contributed by atoms with van der Waals surface area (Å²) in [6.07, 6.45) is 0.422. The van der Waals surface area contributed by atoms with E-state index in [0.717, 1.165) is 51.8 Å². The van der Waals surface area contributed by atoms with Crippen LogP contribution in [-0.2, 0) is 4.79 Å². The highest BCUT2D eigenvalue weighted by molar-refractivity contribution is 5.81. The fraction of sp³-hybridized carbons (Fsp3) is 0.600. The maximum absolute atomic E-state index is 14.0. The summed E-state index contributed by atoms with van der Waals surface area (Å²) in [5, 5.41) is 3.31. The van der Waals surface area contributed by atoms with Crippen molar-refractivity contribution in [3.05, 3.63) is 30.1 Å². The molecule has 2 rings (SSSR count). The third-order valence-electron chi connectivity index (χ3n) is 4.81. The van der Waals surface area contributed by atoms with Crippen LogP contribution >= 0.6 is 0 Å². The minimum absolute atomic E-state index is 0.143. The zero-order valence-electron chi connectivity index (χ0n) is 16.7. The molecule has 0 radical (unpaired) electrons. The summed E-state index contributed by atoms with van der Waals surface area (Å²) < 4.78 is 14.0. The monoisotopic (exact) mass is 377 g/mol. The third-order valence-corrected chi connectivity index (χ3v) is 4.81. The molecule has 1 aliphatic rings. The van der Waals surface area contributed by atoms with Crippen LogP contribution in [0.25, 0.3) is 0 Å². The van der Waals surface area contributed by atoms with Crippen LogP contribution in [-0.4, -0.2) is 74.0 Å². The van der Waals surface area contributed by atoms with Gasteiger partial charge < -0.3 is 20.0 Å².